The summed E-state index contributed by atoms with van der Waals surface area (Å²) in [5.74, 6) is 0.429. The number of nitrogens with zero attached hydrogens (tertiary/aromatic N) is 2. The van der Waals surface area contributed by atoms with Gasteiger partial charge in [-0.25, -0.2) is 19.3 Å². The smallest absolute Gasteiger partial charge is 0.348 e. The van der Waals surface area contributed by atoms with Crippen LogP contribution < -0.4 is 11.3 Å². The highest BCUT2D eigenvalue weighted by molar-refractivity contribution is 7.98. The second kappa shape index (κ2) is 7.29. The molecule has 0 aliphatic carbocycles. The Morgan fingerprint density at radius 2 is 1.83 bits per heavy atom. The number of rotatable bonds is 4. The quantitative estimate of drug-likeness (QED) is 0.395. The van der Waals surface area contributed by atoms with E-state index in [2.05, 4.69) is 10.2 Å². The van der Waals surface area contributed by atoms with Gasteiger partial charge in [-0.2, -0.15) is 0 Å². The Bertz CT molecular complexity index is 1330. The largest absolute Gasteiger partial charge is 0.508 e. The van der Waals surface area contributed by atoms with Crippen LogP contribution in [0.3, 0.4) is 0 Å². The molecule has 148 valence electrons. The van der Waals surface area contributed by atoms with Crippen molar-refractivity contribution in [1.82, 2.24) is 14.8 Å². The number of aromatic hydroxyl groups is 1. The zero-order valence-corrected chi connectivity index (χ0v) is 17.0. The van der Waals surface area contributed by atoms with Crippen molar-refractivity contribution in [2.75, 3.05) is 0 Å². The molecule has 0 bridgehead atoms. The number of aryl methyl sites for hydroxylation is 3. The molecule has 0 saturated heterocycles. The predicted molar refractivity (Wildman–Crippen MR) is 112 cm³/mol. The molecular formula is C21H19N3O4S. The lowest BCUT2D eigenvalue weighted by atomic mass is 10.1. The summed E-state index contributed by atoms with van der Waals surface area (Å²) < 4.78 is 6.74. The molecule has 0 spiro atoms. The first kappa shape index (κ1) is 19.1. The molecule has 2 heterocycles. The number of fused-ring (bicyclic) bond motifs is 1. The summed E-state index contributed by atoms with van der Waals surface area (Å²) in [7, 11) is 0. The van der Waals surface area contributed by atoms with Crippen LogP contribution in [0, 0.1) is 20.8 Å². The fourth-order valence-electron chi connectivity index (χ4n) is 3.58. The topological polar surface area (TPSA) is 101 Å². The first-order valence-electron chi connectivity index (χ1n) is 8.97. The van der Waals surface area contributed by atoms with Gasteiger partial charge in [-0.1, -0.05) is 29.5 Å². The van der Waals surface area contributed by atoms with E-state index in [1.165, 1.54) is 23.9 Å². The van der Waals surface area contributed by atoms with E-state index in [1.54, 1.807) is 16.7 Å². The summed E-state index contributed by atoms with van der Waals surface area (Å²) in [5.41, 5.74) is 4.13. The summed E-state index contributed by atoms with van der Waals surface area (Å²) in [4.78, 5) is 24.4. The van der Waals surface area contributed by atoms with Gasteiger partial charge in [0.05, 0.1) is 5.69 Å². The average Bonchev–Trinajstić information content (AvgIpc) is 2.99. The standard InChI is InChI=1S/C21H19N3O4S/c1-11-6-12(2)19(13(3)7-11)24-20(27)22-23-21(24)29-10-14-8-18(26)28-17-9-15(25)4-5-16(14)17/h4-9,25H,10H2,1-3H3,(H,22,27). The Kier molecular flexibility index (Phi) is 4.79. The number of benzene rings is 2. The molecule has 0 atom stereocenters. The summed E-state index contributed by atoms with van der Waals surface area (Å²) in [6.45, 7) is 5.94. The van der Waals surface area contributed by atoms with Gasteiger partial charge in [0.2, 0.25) is 0 Å². The number of H-pyrrole nitrogens is 1. The molecule has 2 aromatic heterocycles. The molecule has 0 fully saturated rings. The van der Waals surface area contributed by atoms with Gasteiger partial charge in [-0.15, -0.1) is 5.10 Å². The highest BCUT2D eigenvalue weighted by Gasteiger charge is 2.16. The Morgan fingerprint density at radius 3 is 2.55 bits per heavy atom. The highest BCUT2D eigenvalue weighted by atomic mass is 32.2. The minimum absolute atomic E-state index is 0.0249. The third kappa shape index (κ3) is 3.58. The van der Waals surface area contributed by atoms with E-state index in [0.717, 1.165) is 33.3 Å². The van der Waals surface area contributed by atoms with Crippen molar-refractivity contribution in [3.8, 4) is 11.4 Å². The summed E-state index contributed by atoms with van der Waals surface area (Å²) in [5, 5.41) is 17.6. The van der Waals surface area contributed by atoms with Crippen LogP contribution in [0.4, 0.5) is 0 Å². The number of phenolic OH excluding ortho intramolecular Hbond substituents is 1. The van der Waals surface area contributed by atoms with Crippen LogP contribution in [0.25, 0.3) is 16.7 Å². The molecular weight excluding hydrogens is 390 g/mol. The normalized spacial score (nSPS) is 11.3. The fourth-order valence-corrected chi connectivity index (χ4v) is 4.52. The highest BCUT2D eigenvalue weighted by Crippen LogP contribution is 2.29. The molecule has 2 aromatic carbocycles. The van der Waals surface area contributed by atoms with Crippen LogP contribution in [0.5, 0.6) is 5.75 Å². The first-order valence-corrected chi connectivity index (χ1v) is 9.96. The Hall–Kier alpha value is -3.26. The van der Waals surface area contributed by atoms with Gasteiger partial charge in [0.15, 0.2) is 5.16 Å². The lowest BCUT2D eigenvalue weighted by molar-refractivity contribution is 0.473. The molecule has 7 nitrogen and oxygen atoms in total. The second-order valence-electron chi connectivity index (χ2n) is 6.95. The minimum atomic E-state index is -0.497. The molecule has 4 rings (SSSR count). The van der Waals surface area contributed by atoms with Gasteiger partial charge in [0.25, 0.3) is 0 Å². The average molecular weight is 409 g/mol. The van der Waals surface area contributed by atoms with Crippen molar-refractivity contribution in [2.45, 2.75) is 31.7 Å². The Labute approximate surface area is 170 Å². The van der Waals surface area contributed by atoms with Crippen LogP contribution >= 0.6 is 11.8 Å². The molecule has 0 aliphatic rings. The van der Waals surface area contributed by atoms with E-state index < -0.39 is 5.63 Å². The van der Waals surface area contributed by atoms with E-state index >= 15 is 0 Å². The van der Waals surface area contributed by atoms with Crippen molar-refractivity contribution in [3.05, 3.63) is 79.6 Å². The van der Waals surface area contributed by atoms with Crippen LogP contribution in [0.2, 0.25) is 0 Å². The zero-order valence-electron chi connectivity index (χ0n) is 16.1. The summed E-state index contributed by atoms with van der Waals surface area (Å²) >= 11 is 1.34. The Morgan fingerprint density at radius 1 is 1.10 bits per heavy atom. The zero-order chi connectivity index (χ0) is 20.7. The van der Waals surface area contributed by atoms with Crippen molar-refractivity contribution in [2.24, 2.45) is 0 Å². The van der Waals surface area contributed by atoms with Crippen molar-refractivity contribution >= 4 is 22.7 Å². The maximum atomic E-state index is 12.5. The number of aromatic nitrogens is 3. The third-order valence-electron chi connectivity index (χ3n) is 4.67. The fraction of sp³-hybridized carbons (Fsp3) is 0.190. The maximum absolute atomic E-state index is 12.5. The number of thioether (sulfide) groups is 1. The number of aromatic amines is 1. The van der Waals surface area contributed by atoms with Crippen LogP contribution in [0.1, 0.15) is 22.3 Å². The third-order valence-corrected chi connectivity index (χ3v) is 5.66. The lowest BCUT2D eigenvalue weighted by Crippen LogP contribution is -2.18. The SMILES string of the molecule is Cc1cc(C)c(-n2c(SCc3cc(=O)oc4cc(O)ccc34)n[nH]c2=O)c(C)c1. The predicted octanol–water partition coefficient (Wildman–Crippen LogP) is 3.59. The molecule has 0 radical (unpaired) electrons. The van der Waals surface area contributed by atoms with Gasteiger partial charge in [0, 0.05) is 23.3 Å². The lowest BCUT2D eigenvalue weighted by Gasteiger charge is -2.13. The van der Waals surface area contributed by atoms with Crippen molar-refractivity contribution in [3.63, 3.8) is 0 Å². The molecule has 0 amide bonds. The number of hydrogen-bond acceptors (Lipinski definition) is 6. The monoisotopic (exact) mass is 409 g/mol. The van der Waals surface area contributed by atoms with Crippen LogP contribution in [-0.4, -0.2) is 19.9 Å². The Balaban J connectivity index is 1.75. The van der Waals surface area contributed by atoms with E-state index in [1.807, 2.05) is 32.9 Å². The first-order chi connectivity index (χ1) is 13.8. The summed E-state index contributed by atoms with van der Waals surface area (Å²) in [6.07, 6.45) is 0. The molecule has 4 aromatic rings. The molecule has 0 aliphatic heterocycles. The van der Waals surface area contributed by atoms with Crippen molar-refractivity contribution in [1.29, 1.82) is 0 Å². The van der Waals surface area contributed by atoms with Gasteiger partial charge < -0.3 is 9.52 Å². The molecule has 2 N–H and O–H groups in total. The second-order valence-corrected chi connectivity index (χ2v) is 7.90. The van der Waals surface area contributed by atoms with Gasteiger partial charge in [-0.05, 0) is 49.6 Å². The summed E-state index contributed by atoms with van der Waals surface area (Å²) in [6, 6.07) is 10.1. The van der Waals surface area contributed by atoms with Gasteiger partial charge >= 0.3 is 11.3 Å². The van der Waals surface area contributed by atoms with Crippen molar-refractivity contribution < 1.29 is 9.52 Å². The van der Waals surface area contributed by atoms with E-state index in [9.17, 15) is 14.7 Å². The van der Waals surface area contributed by atoms with Gasteiger partial charge in [-0.3, -0.25) is 0 Å². The van der Waals surface area contributed by atoms with E-state index in [-0.39, 0.29) is 11.4 Å². The molecule has 0 unspecified atom stereocenters. The van der Waals surface area contributed by atoms with Crippen LogP contribution in [0.15, 0.2) is 55.6 Å². The number of nitrogens with one attached hydrogen (secondary N) is 1. The van der Waals surface area contributed by atoms with Crippen LogP contribution in [-0.2, 0) is 5.75 Å². The van der Waals surface area contributed by atoms with E-state index in [4.69, 9.17) is 4.42 Å². The number of hydrogen-bond donors (Lipinski definition) is 2. The number of phenols is 1. The van der Waals surface area contributed by atoms with Gasteiger partial charge in [0.1, 0.15) is 11.3 Å². The molecule has 0 saturated carbocycles. The van der Waals surface area contributed by atoms with E-state index in [0.29, 0.717) is 16.5 Å². The maximum Gasteiger partial charge on any atom is 0.348 e. The molecule has 29 heavy (non-hydrogen) atoms. The minimum Gasteiger partial charge on any atom is -0.508 e. The molecule has 8 heteroatoms.